The lowest BCUT2D eigenvalue weighted by Crippen LogP contribution is -2.41. The molecule has 1 aliphatic rings. The van der Waals surface area contributed by atoms with Crippen molar-refractivity contribution < 1.29 is 18.4 Å². The van der Waals surface area contributed by atoms with E-state index in [2.05, 4.69) is 10.3 Å². The van der Waals surface area contributed by atoms with Crippen molar-refractivity contribution in [3.05, 3.63) is 77.4 Å². The van der Waals surface area contributed by atoms with Gasteiger partial charge in [0.1, 0.15) is 6.07 Å². The Hall–Kier alpha value is -3.86. The van der Waals surface area contributed by atoms with Gasteiger partial charge in [-0.1, -0.05) is 30.3 Å². The van der Waals surface area contributed by atoms with E-state index in [1.165, 1.54) is 18.5 Å². The van der Waals surface area contributed by atoms with Crippen molar-refractivity contribution in [2.24, 2.45) is 0 Å². The third-order valence-corrected chi connectivity index (χ3v) is 5.00. The first-order valence-corrected chi connectivity index (χ1v) is 9.15. The lowest BCUT2D eigenvalue weighted by atomic mass is 9.99. The topological polar surface area (TPSA) is 112 Å². The molecule has 8 nitrogen and oxygen atoms in total. The Bertz CT molecular complexity index is 1080. The van der Waals surface area contributed by atoms with E-state index in [1.807, 2.05) is 36.4 Å². The van der Waals surface area contributed by atoms with E-state index in [0.717, 1.165) is 5.56 Å². The number of carbonyl (C=O) groups excluding carboxylic acids is 2. The maximum absolute atomic E-state index is 13.1. The summed E-state index contributed by atoms with van der Waals surface area (Å²) in [7, 11) is 0. The Morgan fingerprint density at radius 1 is 1.24 bits per heavy atom. The van der Waals surface area contributed by atoms with Crippen LogP contribution in [0.4, 0.5) is 0 Å². The van der Waals surface area contributed by atoms with Crippen LogP contribution in [0.3, 0.4) is 0 Å². The van der Waals surface area contributed by atoms with Gasteiger partial charge in [0.05, 0.1) is 17.8 Å². The summed E-state index contributed by atoms with van der Waals surface area (Å²) in [6.45, 7) is 2.13. The number of aryl methyl sites for hydroxylation is 1. The highest BCUT2D eigenvalue weighted by Gasteiger charge is 2.40. The number of nitrogens with zero attached hydrogens (tertiary/aromatic N) is 3. The molecule has 146 valence electrons. The van der Waals surface area contributed by atoms with Gasteiger partial charge in [-0.3, -0.25) is 9.59 Å². The van der Waals surface area contributed by atoms with Gasteiger partial charge < -0.3 is 19.1 Å². The van der Waals surface area contributed by atoms with Crippen molar-refractivity contribution in [1.82, 2.24) is 15.2 Å². The second kappa shape index (κ2) is 7.64. The molecule has 0 radical (unpaired) electrons. The van der Waals surface area contributed by atoms with Crippen LogP contribution in [-0.4, -0.2) is 34.3 Å². The Morgan fingerprint density at radius 2 is 2.03 bits per heavy atom. The number of nitriles is 1. The van der Waals surface area contributed by atoms with Crippen molar-refractivity contribution in [1.29, 1.82) is 5.26 Å². The summed E-state index contributed by atoms with van der Waals surface area (Å²) in [5.74, 6) is -0.362. The summed E-state index contributed by atoms with van der Waals surface area (Å²) >= 11 is 0. The van der Waals surface area contributed by atoms with Gasteiger partial charge in [0.15, 0.2) is 12.2 Å². The van der Waals surface area contributed by atoms with Crippen LogP contribution in [0.25, 0.3) is 0 Å². The zero-order chi connectivity index (χ0) is 20.4. The normalized spacial score (nSPS) is 18.4. The maximum Gasteiger partial charge on any atom is 0.290 e. The Balaban J connectivity index is 1.62. The molecule has 2 atom stereocenters. The molecule has 0 unspecified atom stereocenters. The Morgan fingerprint density at radius 3 is 2.69 bits per heavy atom. The van der Waals surface area contributed by atoms with Crippen LogP contribution in [0.15, 0.2) is 57.7 Å². The number of hydrogen-bond acceptors (Lipinski definition) is 6. The van der Waals surface area contributed by atoms with Gasteiger partial charge >= 0.3 is 0 Å². The first-order chi connectivity index (χ1) is 14.1. The number of benzene rings is 1. The van der Waals surface area contributed by atoms with Crippen molar-refractivity contribution in [3.8, 4) is 6.07 Å². The van der Waals surface area contributed by atoms with Crippen molar-refractivity contribution in [2.75, 3.05) is 6.54 Å². The van der Waals surface area contributed by atoms with Gasteiger partial charge in [-0.2, -0.15) is 5.26 Å². The molecule has 3 heterocycles. The van der Waals surface area contributed by atoms with Crippen LogP contribution in [0.1, 0.15) is 50.6 Å². The minimum absolute atomic E-state index is 0.0782. The highest BCUT2D eigenvalue weighted by Crippen LogP contribution is 2.34. The molecule has 8 heteroatoms. The summed E-state index contributed by atoms with van der Waals surface area (Å²) in [5.41, 5.74) is 1.40. The molecule has 0 aliphatic carbocycles. The minimum Gasteiger partial charge on any atom is -0.440 e. The molecule has 1 fully saturated rings. The predicted molar refractivity (Wildman–Crippen MR) is 101 cm³/mol. The largest absolute Gasteiger partial charge is 0.440 e. The monoisotopic (exact) mass is 390 g/mol. The fourth-order valence-electron chi connectivity index (χ4n) is 3.64. The predicted octanol–water partition coefficient (Wildman–Crippen LogP) is 2.83. The molecule has 0 spiro atoms. The molecule has 4 rings (SSSR count). The van der Waals surface area contributed by atoms with Gasteiger partial charge in [-0.15, -0.1) is 0 Å². The quantitative estimate of drug-likeness (QED) is 0.733. The second-order valence-electron chi connectivity index (χ2n) is 6.77. The molecule has 1 aliphatic heterocycles. The third-order valence-electron chi connectivity index (χ3n) is 5.00. The zero-order valence-electron chi connectivity index (χ0n) is 15.7. The van der Waals surface area contributed by atoms with E-state index in [4.69, 9.17) is 14.1 Å². The smallest absolute Gasteiger partial charge is 0.290 e. The molecule has 0 saturated carbocycles. The lowest BCUT2D eigenvalue weighted by molar-refractivity contribution is 0.0682. The molecule has 3 aromatic rings. The highest BCUT2D eigenvalue weighted by molar-refractivity contribution is 5.94. The highest BCUT2D eigenvalue weighted by atomic mass is 16.4. The summed E-state index contributed by atoms with van der Waals surface area (Å²) in [6, 6.07) is 13.6. The first kappa shape index (κ1) is 18.5. The Labute approximate surface area is 166 Å². The zero-order valence-corrected chi connectivity index (χ0v) is 15.7. The second-order valence-corrected chi connectivity index (χ2v) is 6.77. The van der Waals surface area contributed by atoms with Crippen molar-refractivity contribution in [3.63, 3.8) is 0 Å². The Kier molecular flexibility index (Phi) is 4.87. The third kappa shape index (κ3) is 3.50. The van der Waals surface area contributed by atoms with Crippen LogP contribution in [0.2, 0.25) is 0 Å². The number of aromatic nitrogens is 1. The van der Waals surface area contributed by atoms with Gasteiger partial charge in [-0.25, -0.2) is 4.98 Å². The van der Waals surface area contributed by atoms with E-state index in [0.29, 0.717) is 18.7 Å². The maximum atomic E-state index is 13.1. The van der Waals surface area contributed by atoms with Crippen molar-refractivity contribution in [2.45, 2.75) is 25.4 Å². The van der Waals surface area contributed by atoms with Gasteiger partial charge in [0, 0.05) is 6.54 Å². The van der Waals surface area contributed by atoms with Crippen LogP contribution in [0.5, 0.6) is 0 Å². The van der Waals surface area contributed by atoms with Crippen LogP contribution < -0.4 is 5.32 Å². The number of nitrogens with one attached hydrogen (secondary N) is 1. The van der Waals surface area contributed by atoms with E-state index < -0.39 is 0 Å². The van der Waals surface area contributed by atoms with E-state index in [-0.39, 0.29) is 41.2 Å². The standard InChI is InChI=1S/C21H18N4O4/c1-13-19(28-12-23-13)20(26)24-16-9-10-25(18(16)14-5-3-2-4-6-14)21(27)17-8-7-15(11-22)29-17/h2-8,12,16,18H,9-10H2,1H3,(H,24,26)/t16-,18+/m1/s1. The fourth-order valence-corrected chi connectivity index (χ4v) is 3.64. The molecule has 1 N–H and O–H groups in total. The molecule has 0 bridgehead atoms. The lowest BCUT2D eigenvalue weighted by Gasteiger charge is -2.28. The summed E-state index contributed by atoms with van der Waals surface area (Å²) in [6.07, 6.45) is 1.79. The average molecular weight is 390 g/mol. The van der Waals surface area contributed by atoms with E-state index in [1.54, 1.807) is 11.8 Å². The number of amides is 2. The number of likely N-dealkylation sites (tertiary alicyclic amines) is 1. The molecule has 2 amide bonds. The molecular weight excluding hydrogens is 372 g/mol. The first-order valence-electron chi connectivity index (χ1n) is 9.15. The average Bonchev–Trinajstić information content (AvgIpc) is 3.47. The number of furan rings is 1. The summed E-state index contributed by atoms with van der Waals surface area (Å²) in [5, 5.41) is 11.9. The van der Waals surface area contributed by atoms with E-state index in [9.17, 15) is 9.59 Å². The van der Waals surface area contributed by atoms with Gasteiger partial charge in [0.25, 0.3) is 11.8 Å². The molecule has 1 aromatic carbocycles. The molecule has 29 heavy (non-hydrogen) atoms. The number of rotatable bonds is 4. The summed E-state index contributed by atoms with van der Waals surface area (Å²) < 4.78 is 10.5. The van der Waals surface area contributed by atoms with Crippen LogP contribution in [0, 0.1) is 18.3 Å². The molecule has 1 saturated heterocycles. The van der Waals surface area contributed by atoms with E-state index >= 15 is 0 Å². The summed E-state index contributed by atoms with van der Waals surface area (Å²) in [4.78, 5) is 31.3. The van der Waals surface area contributed by atoms with Crippen molar-refractivity contribution >= 4 is 11.8 Å². The minimum atomic E-state index is -0.383. The SMILES string of the molecule is Cc1ncoc1C(=O)N[C@@H]1CCN(C(=O)c2ccc(C#N)o2)[C@H]1c1ccccc1. The number of carbonyl (C=O) groups is 2. The van der Waals surface area contributed by atoms with Crippen LogP contribution >= 0.6 is 0 Å². The van der Waals surface area contributed by atoms with Crippen LogP contribution in [-0.2, 0) is 0 Å². The molecule has 2 aromatic heterocycles. The number of oxazole rings is 1. The fraction of sp³-hybridized carbons (Fsp3) is 0.238. The molecular formula is C21H18N4O4. The number of hydrogen-bond donors (Lipinski definition) is 1. The van der Waals surface area contributed by atoms with Gasteiger partial charge in [0.2, 0.25) is 11.5 Å². The van der Waals surface area contributed by atoms with Gasteiger partial charge in [-0.05, 0) is 31.0 Å².